The monoisotopic (exact) mass is 287 g/mol. The second kappa shape index (κ2) is 4.95. The van der Waals surface area contributed by atoms with Gasteiger partial charge in [0.25, 0.3) is 12.1 Å². The average molecular weight is 287 g/mol. The zero-order valence-electron chi connectivity index (χ0n) is 10.2. The molecule has 0 radical (unpaired) electrons. The molecule has 106 valence electrons. The quantitative estimate of drug-likeness (QED) is 0.478. The molecule has 0 aromatic heterocycles. The van der Waals surface area contributed by atoms with Gasteiger partial charge in [-0.15, -0.1) is 0 Å². The molecule has 1 aromatic carbocycles. The van der Waals surface area contributed by atoms with Crippen molar-refractivity contribution in [3.8, 4) is 0 Å². The van der Waals surface area contributed by atoms with Crippen LogP contribution in [-0.4, -0.2) is 30.6 Å². The molecule has 0 saturated heterocycles. The number of ether oxygens (including phenoxy) is 1. The van der Waals surface area contributed by atoms with Crippen molar-refractivity contribution in [2.45, 2.75) is 13.2 Å². The maximum Gasteiger partial charge on any atom is 0.362 e. The summed E-state index contributed by atoms with van der Waals surface area (Å²) >= 11 is 0. The number of carbonyl (C=O) groups is 3. The summed E-state index contributed by atoms with van der Waals surface area (Å²) in [5.74, 6) is -6.76. The third kappa shape index (κ3) is 1.93. The lowest BCUT2D eigenvalue weighted by molar-refractivity contribution is -0.150. The van der Waals surface area contributed by atoms with Crippen molar-refractivity contribution in [3.63, 3.8) is 0 Å². The van der Waals surface area contributed by atoms with Crippen LogP contribution < -0.4 is 4.90 Å². The predicted molar refractivity (Wildman–Crippen MR) is 59.7 cm³/mol. The Morgan fingerprint density at radius 2 is 1.90 bits per heavy atom. The zero-order chi connectivity index (χ0) is 15.0. The Morgan fingerprint density at radius 1 is 1.30 bits per heavy atom. The molecule has 0 saturated carbocycles. The molecule has 1 atom stereocenters. The Kier molecular flexibility index (Phi) is 3.47. The van der Waals surface area contributed by atoms with Gasteiger partial charge < -0.3 is 4.74 Å². The molecule has 1 aromatic rings. The molecule has 1 aliphatic rings. The number of hydrogen-bond donors (Lipinski definition) is 0. The Labute approximate surface area is 110 Å². The van der Waals surface area contributed by atoms with Gasteiger partial charge in [-0.2, -0.15) is 0 Å². The van der Waals surface area contributed by atoms with E-state index in [0.29, 0.717) is 12.1 Å². The molecule has 1 unspecified atom stereocenters. The number of alkyl halides is 1. The minimum atomic E-state index is -2.72. The first-order chi connectivity index (χ1) is 9.40. The summed E-state index contributed by atoms with van der Waals surface area (Å²) in [7, 11) is 0. The van der Waals surface area contributed by atoms with Crippen LogP contribution in [0, 0.1) is 11.6 Å². The van der Waals surface area contributed by atoms with Gasteiger partial charge in [-0.25, -0.2) is 18.0 Å². The van der Waals surface area contributed by atoms with Crippen molar-refractivity contribution in [2.75, 3.05) is 11.5 Å². The second-order valence-corrected chi connectivity index (χ2v) is 3.84. The van der Waals surface area contributed by atoms with E-state index in [1.807, 2.05) is 0 Å². The van der Waals surface area contributed by atoms with E-state index in [9.17, 15) is 27.6 Å². The van der Waals surface area contributed by atoms with Gasteiger partial charge in [0.1, 0.15) is 11.6 Å². The van der Waals surface area contributed by atoms with Crippen LogP contribution in [0.4, 0.5) is 18.9 Å². The first kappa shape index (κ1) is 14.0. The average Bonchev–Trinajstić information content (AvgIpc) is 2.68. The molecule has 1 aliphatic heterocycles. The van der Waals surface area contributed by atoms with Gasteiger partial charge >= 0.3 is 11.9 Å². The molecule has 1 amide bonds. The van der Waals surface area contributed by atoms with E-state index in [4.69, 9.17) is 0 Å². The topological polar surface area (TPSA) is 63.7 Å². The van der Waals surface area contributed by atoms with Crippen LogP contribution in [0.5, 0.6) is 0 Å². The highest BCUT2D eigenvalue weighted by Crippen LogP contribution is 2.35. The summed E-state index contributed by atoms with van der Waals surface area (Å²) in [5.41, 5.74) is -1.78. The van der Waals surface area contributed by atoms with Crippen molar-refractivity contribution in [1.82, 2.24) is 0 Å². The van der Waals surface area contributed by atoms with Crippen LogP contribution in [0.15, 0.2) is 12.1 Å². The normalized spacial score (nSPS) is 15.3. The van der Waals surface area contributed by atoms with E-state index in [1.165, 1.54) is 6.92 Å². The fraction of sp³-hybridized carbons (Fsp3) is 0.250. The van der Waals surface area contributed by atoms with Gasteiger partial charge in [-0.3, -0.25) is 14.5 Å². The lowest BCUT2D eigenvalue weighted by Gasteiger charge is -2.19. The summed E-state index contributed by atoms with van der Waals surface area (Å²) < 4.78 is 45.4. The number of fused-ring (bicyclic) bond motifs is 1. The molecular weight excluding hydrogens is 279 g/mol. The second-order valence-electron chi connectivity index (χ2n) is 3.84. The van der Waals surface area contributed by atoms with Gasteiger partial charge in [0.05, 0.1) is 17.9 Å². The molecule has 2 rings (SSSR count). The summed E-state index contributed by atoms with van der Waals surface area (Å²) in [6, 6.07) is 1.27. The number of carbonyl (C=O) groups excluding carboxylic acids is 3. The van der Waals surface area contributed by atoms with E-state index in [1.54, 1.807) is 0 Å². The van der Waals surface area contributed by atoms with E-state index in [-0.39, 0.29) is 11.5 Å². The van der Waals surface area contributed by atoms with E-state index in [2.05, 4.69) is 4.74 Å². The minimum absolute atomic E-state index is 0.0337. The third-order valence-corrected chi connectivity index (χ3v) is 2.67. The van der Waals surface area contributed by atoms with Gasteiger partial charge in [-0.1, -0.05) is 0 Å². The molecule has 0 N–H and O–H groups in total. The van der Waals surface area contributed by atoms with Crippen LogP contribution in [0.1, 0.15) is 17.3 Å². The van der Waals surface area contributed by atoms with Crippen LogP contribution >= 0.6 is 0 Å². The lowest BCUT2D eigenvalue weighted by Crippen LogP contribution is -2.42. The minimum Gasteiger partial charge on any atom is -0.462 e. The zero-order valence-corrected chi connectivity index (χ0v) is 10.2. The first-order valence-corrected chi connectivity index (χ1v) is 5.56. The number of Topliss-reactive ketones (excluding diaryl/α,β-unsaturated/α-hetero) is 1. The number of rotatable bonds is 3. The van der Waals surface area contributed by atoms with Crippen molar-refractivity contribution >= 4 is 23.3 Å². The van der Waals surface area contributed by atoms with E-state index >= 15 is 0 Å². The fourth-order valence-electron chi connectivity index (χ4n) is 1.84. The maximum absolute atomic E-state index is 13.9. The third-order valence-electron chi connectivity index (χ3n) is 2.67. The predicted octanol–water partition coefficient (Wildman–Crippen LogP) is 1.35. The van der Waals surface area contributed by atoms with Crippen molar-refractivity contribution < 1.29 is 32.3 Å². The van der Waals surface area contributed by atoms with Gasteiger partial charge in [-0.05, 0) is 19.1 Å². The number of esters is 1. The summed E-state index contributed by atoms with van der Waals surface area (Å²) in [5, 5.41) is 0. The fourth-order valence-corrected chi connectivity index (χ4v) is 1.84. The van der Waals surface area contributed by atoms with E-state index < -0.39 is 46.8 Å². The van der Waals surface area contributed by atoms with Gasteiger partial charge in [0.2, 0.25) is 0 Å². The molecule has 0 spiro atoms. The van der Waals surface area contributed by atoms with Crippen LogP contribution in [0.25, 0.3) is 0 Å². The molecule has 8 heteroatoms. The molecule has 5 nitrogen and oxygen atoms in total. The summed E-state index contributed by atoms with van der Waals surface area (Å²) in [6.07, 6.45) is -2.72. The van der Waals surface area contributed by atoms with Crippen LogP contribution in [-0.2, 0) is 14.3 Å². The summed E-state index contributed by atoms with van der Waals surface area (Å²) in [6.45, 7) is 1.23. The Balaban J connectivity index is 2.53. The number of benzene rings is 1. The van der Waals surface area contributed by atoms with E-state index in [0.717, 1.165) is 0 Å². The van der Waals surface area contributed by atoms with Crippen LogP contribution in [0.2, 0.25) is 0 Å². The number of ketones is 1. The number of amides is 1. The highest BCUT2D eigenvalue weighted by molar-refractivity contribution is 6.52. The molecular formula is C12H8F3NO4. The summed E-state index contributed by atoms with van der Waals surface area (Å²) in [4.78, 5) is 34.4. The SMILES string of the molecule is CCOC(=O)C(F)N1C(=O)C(=O)c2c(F)ccc(F)c21. The van der Waals surface area contributed by atoms with Crippen molar-refractivity contribution in [3.05, 3.63) is 29.3 Å². The van der Waals surface area contributed by atoms with Crippen molar-refractivity contribution in [1.29, 1.82) is 0 Å². The number of anilines is 1. The largest absolute Gasteiger partial charge is 0.462 e. The standard InChI is InChI=1S/C12H8F3NO4/c1-2-20-12(19)10(15)16-8-6(14)4-3-5(13)7(8)9(17)11(16)18/h3-4,10H,2H2,1H3. The van der Waals surface area contributed by atoms with Crippen molar-refractivity contribution in [2.24, 2.45) is 0 Å². The number of halogens is 3. The Morgan fingerprint density at radius 3 is 2.50 bits per heavy atom. The van der Waals surface area contributed by atoms with Gasteiger partial charge in [0.15, 0.2) is 0 Å². The maximum atomic E-state index is 13.9. The highest BCUT2D eigenvalue weighted by atomic mass is 19.1. The first-order valence-electron chi connectivity index (χ1n) is 5.56. The Bertz CT molecular complexity index is 617. The number of hydrogen-bond acceptors (Lipinski definition) is 4. The smallest absolute Gasteiger partial charge is 0.362 e. The van der Waals surface area contributed by atoms with Gasteiger partial charge in [0, 0.05) is 0 Å². The number of nitrogens with zero attached hydrogens (tertiary/aromatic N) is 1. The Hall–Kier alpha value is -2.38. The molecule has 20 heavy (non-hydrogen) atoms. The molecule has 0 fully saturated rings. The molecule has 0 bridgehead atoms. The van der Waals surface area contributed by atoms with Crippen LogP contribution in [0.3, 0.4) is 0 Å². The molecule has 1 heterocycles. The molecule has 0 aliphatic carbocycles. The lowest BCUT2D eigenvalue weighted by atomic mass is 10.1. The highest BCUT2D eigenvalue weighted by Gasteiger charge is 2.46.